The summed E-state index contributed by atoms with van der Waals surface area (Å²) < 4.78 is 5.55. The zero-order valence-corrected chi connectivity index (χ0v) is 11.5. The summed E-state index contributed by atoms with van der Waals surface area (Å²) in [6.07, 6.45) is 3.66. The summed E-state index contributed by atoms with van der Waals surface area (Å²) in [7, 11) is 0. The van der Waals surface area contributed by atoms with E-state index in [1.807, 2.05) is 18.2 Å². The summed E-state index contributed by atoms with van der Waals surface area (Å²) in [5.74, 6) is -0.573. The monoisotopic (exact) mass is 288 g/mol. The lowest BCUT2D eigenvalue weighted by Gasteiger charge is -2.28. The number of piperidine rings is 1. The van der Waals surface area contributed by atoms with Crippen molar-refractivity contribution in [2.75, 3.05) is 18.0 Å². The van der Waals surface area contributed by atoms with Gasteiger partial charge in [-0.2, -0.15) is 0 Å². The van der Waals surface area contributed by atoms with Gasteiger partial charge >= 0.3 is 5.97 Å². The van der Waals surface area contributed by atoms with Crippen molar-refractivity contribution < 1.29 is 14.6 Å². The second-order valence-electron chi connectivity index (χ2n) is 4.94. The number of aromatic amines is 1. The number of benzene rings is 1. The molecule has 3 rings (SSSR count). The number of rotatable bonds is 4. The molecule has 1 saturated heterocycles. The van der Waals surface area contributed by atoms with Gasteiger partial charge in [0, 0.05) is 24.8 Å². The Labute approximate surface area is 121 Å². The van der Waals surface area contributed by atoms with Crippen molar-refractivity contribution in [3.63, 3.8) is 0 Å². The number of nitrogens with one attached hydrogen (secondary N) is 1. The fourth-order valence-electron chi connectivity index (χ4n) is 2.44. The van der Waals surface area contributed by atoms with E-state index in [0.717, 1.165) is 18.8 Å². The lowest BCUT2D eigenvalue weighted by Crippen LogP contribution is -2.29. The molecule has 2 heterocycles. The highest BCUT2D eigenvalue weighted by Gasteiger charge is 2.17. The summed E-state index contributed by atoms with van der Waals surface area (Å²) in [6, 6.07) is 7.60. The molecule has 0 atom stereocenters. The number of hydrogen-bond donors (Lipinski definition) is 2. The zero-order valence-electron chi connectivity index (χ0n) is 11.5. The Morgan fingerprint density at radius 1 is 1.29 bits per heavy atom. The van der Waals surface area contributed by atoms with Crippen LogP contribution in [0.3, 0.4) is 0 Å². The third-order valence-corrected chi connectivity index (χ3v) is 3.48. The molecule has 0 spiro atoms. The maximum absolute atomic E-state index is 11.0. The van der Waals surface area contributed by atoms with E-state index in [1.54, 1.807) is 6.07 Å². The molecule has 7 nitrogen and oxygen atoms in total. The first-order valence-corrected chi connectivity index (χ1v) is 6.91. The quantitative estimate of drug-likeness (QED) is 0.896. The summed E-state index contributed by atoms with van der Waals surface area (Å²) in [4.78, 5) is 13.3. The second-order valence-corrected chi connectivity index (χ2v) is 4.94. The zero-order chi connectivity index (χ0) is 14.7. The molecule has 1 aromatic heterocycles. The Morgan fingerprint density at radius 2 is 2.10 bits per heavy atom. The number of carboxylic acids is 1. The topological polar surface area (TPSA) is 91.3 Å². The largest absolute Gasteiger partial charge is 0.476 e. The summed E-state index contributed by atoms with van der Waals surface area (Å²) in [5, 5.41) is 18.4. The Kier molecular flexibility index (Phi) is 3.72. The predicted molar refractivity (Wildman–Crippen MR) is 75.9 cm³/mol. The van der Waals surface area contributed by atoms with Gasteiger partial charge in [-0.05, 0) is 31.4 Å². The maximum Gasteiger partial charge on any atom is 0.362 e. The smallest absolute Gasteiger partial charge is 0.362 e. The van der Waals surface area contributed by atoms with Crippen LogP contribution >= 0.6 is 0 Å². The number of aromatic carboxylic acids is 1. The fourth-order valence-corrected chi connectivity index (χ4v) is 2.44. The van der Waals surface area contributed by atoms with Crippen molar-refractivity contribution in [1.29, 1.82) is 0 Å². The lowest BCUT2D eigenvalue weighted by molar-refractivity contribution is 0.0687. The van der Waals surface area contributed by atoms with Crippen molar-refractivity contribution >= 4 is 11.7 Å². The molecular weight excluding hydrogens is 272 g/mol. The summed E-state index contributed by atoms with van der Waals surface area (Å²) in [5.41, 5.74) is 0.856. The van der Waals surface area contributed by atoms with Crippen LogP contribution in [0.2, 0.25) is 0 Å². The molecule has 7 heteroatoms. The standard InChI is InChI=1S/C14H16N4O3/c19-14(20)12-13(16-17-15-12)21-11-6-4-5-10(9-11)18-7-2-1-3-8-18/h4-6,9H,1-3,7-8H2,(H,19,20)(H,15,16,17). The molecule has 0 amide bonds. The number of ether oxygens (including phenoxy) is 1. The Balaban J connectivity index is 1.79. The number of aromatic nitrogens is 3. The minimum Gasteiger partial charge on any atom is -0.476 e. The van der Waals surface area contributed by atoms with Crippen LogP contribution in [0.15, 0.2) is 24.3 Å². The molecule has 2 N–H and O–H groups in total. The molecule has 0 unspecified atom stereocenters. The van der Waals surface area contributed by atoms with Gasteiger partial charge in [0.1, 0.15) is 5.75 Å². The van der Waals surface area contributed by atoms with Crippen LogP contribution in [0.4, 0.5) is 5.69 Å². The normalized spacial score (nSPS) is 15.0. The molecule has 0 saturated carbocycles. The SMILES string of the molecule is O=C(O)c1nn[nH]c1Oc1cccc(N2CCCCC2)c1. The van der Waals surface area contributed by atoms with Crippen LogP contribution in [0.25, 0.3) is 0 Å². The van der Waals surface area contributed by atoms with Crippen molar-refractivity contribution in [3.05, 3.63) is 30.0 Å². The number of carbonyl (C=O) groups is 1. The van der Waals surface area contributed by atoms with Crippen molar-refractivity contribution in [1.82, 2.24) is 15.4 Å². The summed E-state index contributed by atoms with van der Waals surface area (Å²) >= 11 is 0. The first-order chi connectivity index (χ1) is 10.2. The van der Waals surface area contributed by atoms with Gasteiger partial charge in [0.05, 0.1) is 0 Å². The van der Waals surface area contributed by atoms with Gasteiger partial charge in [-0.25, -0.2) is 9.89 Å². The van der Waals surface area contributed by atoms with Crippen LogP contribution in [0.5, 0.6) is 11.6 Å². The molecule has 2 aromatic rings. The molecule has 110 valence electrons. The van der Waals surface area contributed by atoms with Crippen LogP contribution in [0.1, 0.15) is 29.8 Å². The van der Waals surface area contributed by atoms with Gasteiger partial charge < -0.3 is 14.7 Å². The van der Waals surface area contributed by atoms with Gasteiger partial charge in [0.15, 0.2) is 0 Å². The van der Waals surface area contributed by atoms with E-state index in [9.17, 15) is 4.79 Å². The number of carboxylic acid groups (broad SMARTS) is 1. The molecule has 21 heavy (non-hydrogen) atoms. The van der Waals surface area contributed by atoms with Crippen molar-refractivity contribution in [2.45, 2.75) is 19.3 Å². The fraction of sp³-hybridized carbons (Fsp3) is 0.357. The minimum atomic E-state index is -1.18. The average molecular weight is 288 g/mol. The molecule has 1 aliphatic heterocycles. The third kappa shape index (κ3) is 2.96. The maximum atomic E-state index is 11.0. The van der Waals surface area contributed by atoms with E-state index in [2.05, 4.69) is 20.3 Å². The van der Waals surface area contributed by atoms with Gasteiger partial charge in [-0.3, -0.25) is 0 Å². The Hall–Kier alpha value is -2.57. The number of H-pyrrole nitrogens is 1. The highest BCUT2D eigenvalue weighted by atomic mass is 16.5. The molecular formula is C14H16N4O3. The van der Waals surface area contributed by atoms with Gasteiger partial charge in [-0.15, -0.1) is 5.10 Å². The van der Waals surface area contributed by atoms with E-state index in [1.165, 1.54) is 19.3 Å². The van der Waals surface area contributed by atoms with Gasteiger partial charge in [0.2, 0.25) is 5.69 Å². The van der Waals surface area contributed by atoms with E-state index < -0.39 is 5.97 Å². The first kappa shape index (κ1) is 13.4. The Morgan fingerprint density at radius 3 is 2.86 bits per heavy atom. The van der Waals surface area contributed by atoms with Crippen LogP contribution in [0, 0.1) is 0 Å². The third-order valence-electron chi connectivity index (χ3n) is 3.48. The van der Waals surface area contributed by atoms with Crippen LogP contribution in [-0.4, -0.2) is 39.6 Å². The van der Waals surface area contributed by atoms with Crippen LogP contribution in [-0.2, 0) is 0 Å². The van der Waals surface area contributed by atoms with E-state index in [-0.39, 0.29) is 11.6 Å². The highest BCUT2D eigenvalue weighted by Crippen LogP contribution is 2.27. The van der Waals surface area contributed by atoms with Gasteiger partial charge in [-0.1, -0.05) is 11.3 Å². The van der Waals surface area contributed by atoms with Crippen molar-refractivity contribution in [2.24, 2.45) is 0 Å². The minimum absolute atomic E-state index is 0.0401. The average Bonchev–Trinajstić information content (AvgIpc) is 2.97. The van der Waals surface area contributed by atoms with Crippen molar-refractivity contribution in [3.8, 4) is 11.6 Å². The number of anilines is 1. The highest BCUT2D eigenvalue weighted by molar-refractivity contribution is 5.87. The Bertz CT molecular complexity index is 635. The first-order valence-electron chi connectivity index (χ1n) is 6.91. The molecule has 0 bridgehead atoms. The lowest BCUT2D eigenvalue weighted by atomic mass is 10.1. The number of nitrogens with zero attached hydrogens (tertiary/aromatic N) is 3. The molecule has 1 aliphatic rings. The molecule has 0 radical (unpaired) electrons. The van der Waals surface area contributed by atoms with Crippen LogP contribution < -0.4 is 9.64 Å². The summed E-state index contributed by atoms with van der Waals surface area (Å²) in [6.45, 7) is 2.07. The van der Waals surface area contributed by atoms with Gasteiger partial charge in [0.25, 0.3) is 5.88 Å². The van der Waals surface area contributed by atoms with E-state index in [0.29, 0.717) is 5.75 Å². The molecule has 0 aliphatic carbocycles. The second kappa shape index (κ2) is 5.82. The predicted octanol–water partition coefficient (Wildman–Crippen LogP) is 2.29. The van der Waals surface area contributed by atoms with E-state index >= 15 is 0 Å². The van der Waals surface area contributed by atoms with E-state index in [4.69, 9.17) is 9.84 Å². The molecule has 1 aromatic carbocycles. The number of hydrogen-bond acceptors (Lipinski definition) is 5. The molecule has 1 fully saturated rings.